The molecule has 11 heavy (non-hydrogen) atoms. The van der Waals surface area contributed by atoms with E-state index in [4.69, 9.17) is 0 Å². The molecule has 0 aromatic heterocycles. The molecule has 0 radical (unpaired) electrons. The molecule has 0 fully saturated rings. The van der Waals surface area contributed by atoms with Gasteiger partial charge in [0.05, 0.1) is 7.11 Å². The summed E-state index contributed by atoms with van der Waals surface area (Å²) in [5.74, 6) is 0. The van der Waals surface area contributed by atoms with Crippen LogP contribution in [0.15, 0.2) is 11.7 Å². The summed E-state index contributed by atoms with van der Waals surface area (Å²) in [4.78, 5) is 10.3. The van der Waals surface area contributed by atoms with Crippen molar-refractivity contribution in [3.8, 4) is 0 Å². The average molecular weight is 179 g/mol. The summed E-state index contributed by atoms with van der Waals surface area (Å²) in [6.07, 6.45) is 3.31. The minimum Gasteiger partial charge on any atom is -0.437 e. The fourth-order valence-corrected chi connectivity index (χ4v) is 0.588. The lowest BCUT2D eigenvalue weighted by Crippen LogP contribution is -2.01. The van der Waals surface area contributed by atoms with Crippen molar-refractivity contribution in [3.05, 3.63) is 11.7 Å². The fourth-order valence-electron chi connectivity index (χ4n) is 0.265. The Morgan fingerprint density at radius 3 is 2.36 bits per heavy atom. The lowest BCUT2D eigenvalue weighted by Gasteiger charge is -1.93. The van der Waals surface area contributed by atoms with E-state index in [1.54, 1.807) is 0 Å². The highest BCUT2D eigenvalue weighted by Gasteiger charge is 2.06. The maximum absolute atomic E-state index is 10.9. The Morgan fingerprint density at radius 1 is 1.45 bits per heavy atom. The standard InChI is InChI=1S/C6H11O4S/c1-9-6(7)10-4-5-11(2,3)8/h4-5H,1-3H3/q+1/b5-4+. The molecule has 0 spiro atoms. The number of methoxy groups -OCH3 is 1. The van der Waals surface area contributed by atoms with Gasteiger partial charge in [-0.25, -0.2) is 4.79 Å². The second-order valence-electron chi connectivity index (χ2n) is 2.15. The normalized spacial score (nSPS) is 11.5. The van der Waals surface area contributed by atoms with E-state index in [-0.39, 0.29) is 0 Å². The Kier molecular flexibility index (Phi) is 3.81. The van der Waals surface area contributed by atoms with Crippen molar-refractivity contribution in [2.45, 2.75) is 0 Å². The van der Waals surface area contributed by atoms with Crippen molar-refractivity contribution in [2.75, 3.05) is 19.6 Å². The topological polar surface area (TPSA) is 52.6 Å². The highest BCUT2D eigenvalue weighted by Crippen LogP contribution is 1.96. The molecule has 0 heterocycles. The smallest absolute Gasteiger partial charge is 0.437 e. The SMILES string of the molecule is COC(=O)O/C=C/[S+](C)(C)=O. The van der Waals surface area contributed by atoms with Gasteiger partial charge in [0, 0.05) is 0 Å². The Labute approximate surface area is 66.6 Å². The molecule has 0 rings (SSSR count). The zero-order valence-electron chi connectivity index (χ0n) is 6.70. The molecule has 0 N–H and O–H groups in total. The van der Waals surface area contributed by atoms with Crippen LogP contribution in [0.3, 0.4) is 0 Å². The molecule has 0 saturated carbocycles. The van der Waals surface area contributed by atoms with E-state index >= 15 is 0 Å². The van der Waals surface area contributed by atoms with E-state index in [1.807, 2.05) is 0 Å². The van der Waals surface area contributed by atoms with Crippen molar-refractivity contribution in [1.82, 2.24) is 0 Å². The third-order valence-electron chi connectivity index (χ3n) is 0.714. The summed E-state index contributed by atoms with van der Waals surface area (Å²) in [7, 11) is -0.792. The van der Waals surface area contributed by atoms with Gasteiger partial charge in [-0.05, 0) is 0 Å². The first-order chi connectivity index (χ1) is 4.95. The van der Waals surface area contributed by atoms with Gasteiger partial charge in [-0.2, -0.15) is 0 Å². The Bertz CT molecular complexity index is 203. The molecule has 0 saturated heterocycles. The van der Waals surface area contributed by atoms with Crippen molar-refractivity contribution < 1.29 is 18.5 Å². The number of rotatable bonds is 2. The van der Waals surface area contributed by atoms with E-state index in [1.165, 1.54) is 25.0 Å². The van der Waals surface area contributed by atoms with Gasteiger partial charge >= 0.3 is 6.16 Å². The lowest BCUT2D eigenvalue weighted by molar-refractivity contribution is 0.106. The van der Waals surface area contributed by atoms with Crippen LogP contribution in [0.5, 0.6) is 0 Å². The van der Waals surface area contributed by atoms with Crippen LogP contribution in [0, 0.1) is 0 Å². The molecule has 0 aromatic carbocycles. The number of carbonyl (C=O) groups is 1. The Balaban J connectivity index is 3.79. The first-order valence-electron chi connectivity index (χ1n) is 2.81. The average Bonchev–Trinajstić information content (AvgIpc) is 1.85. The monoisotopic (exact) mass is 179 g/mol. The van der Waals surface area contributed by atoms with Crippen molar-refractivity contribution >= 4 is 16.1 Å². The number of hydrogen-bond acceptors (Lipinski definition) is 4. The summed E-state index contributed by atoms with van der Waals surface area (Å²) in [5, 5.41) is 1.31. The van der Waals surface area contributed by atoms with Crippen LogP contribution >= 0.6 is 0 Å². The van der Waals surface area contributed by atoms with Crippen LogP contribution < -0.4 is 0 Å². The first kappa shape index (κ1) is 10.2. The van der Waals surface area contributed by atoms with Gasteiger partial charge in [-0.15, -0.1) is 4.21 Å². The van der Waals surface area contributed by atoms with Crippen LogP contribution in [-0.2, 0) is 23.6 Å². The van der Waals surface area contributed by atoms with Crippen LogP contribution in [0.4, 0.5) is 4.79 Å². The molecule has 0 amide bonds. The highest BCUT2D eigenvalue weighted by molar-refractivity contribution is 8.04. The van der Waals surface area contributed by atoms with Crippen LogP contribution in [0.2, 0.25) is 0 Å². The van der Waals surface area contributed by atoms with E-state index in [9.17, 15) is 9.00 Å². The van der Waals surface area contributed by atoms with E-state index in [0.717, 1.165) is 6.26 Å². The van der Waals surface area contributed by atoms with Crippen molar-refractivity contribution in [2.24, 2.45) is 0 Å². The predicted molar refractivity (Wildman–Crippen MR) is 42.5 cm³/mol. The van der Waals surface area contributed by atoms with Crippen LogP contribution in [0.1, 0.15) is 0 Å². The van der Waals surface area contributed by atoms with E-state index < -0.39 is 16.1 Å². The predicted octanol–water partition coefficient (Wildman–Crippen LogP) is 1.000. The second kappa shape index (κ2) is 4.12. The first-order valence-corrected chi connectivity index (χ1v) is 5.25. The quantitative estimate of drug-likeness (QED) is 0.360. The van der Waals surface area contributed by atoms with Gasteiger partial charge in [0.25, 0.3) is 0 Å². The zero-order chi connectivity index (χ0) is 8.91. The summed E-state index contributed by atoms with van der Waals surface area (Å²) in [6.45, 7) is 0. The van der Waals surface area contributed by atoms with Gasteiger partial charge in [0.15, 0.2) is 5.41 Å². The van der Waals surface area contributed by atoms with Gasteiger partial charge in [0.2, 0.25) is 0 Å². The molecule has 0 bridgehead atoms. The maximum Gasteiger partial charge on any atom is 0.513 e. The third kappa shape index (κ3) is 7.05. The number of hydrogen-bond donors (Lipinski definition) is 0. The molecule has 0 aromatic rings. The molecule has 5 heteroatoms. The highest BCUT2D eigenvalue weighted by atomic mass is 32.2. The van der Waals surface area contributed by atoms with Crippen molar-refractivity contribution in [3.63, 3.8) is 0 Å². The van der Waals surface area contributed by atoms with E-state index in [0.29, 0.717) is 0 Å². The minimum absolute atomic E-state index is 0.815. The number of ether oxygens (including phenoxy) is 2. The van der Waals surface area contributed by atoms with Crippen LogP contribution in [-0.4, -0.2) is 25.8 Å². The molecule has 0 aliphatic heterocycles. The second-order valence-corrected chi connectivity index (χ2v) is 5.04. The Morgan fingerprint density at radius 2 is 2.00 bits per heavy atom. The maximum atomic E-state index is 10.9. The lowest BCUT2D eigenvalue weighted by atomic mass is 11.1. The molecule has 0 unspecified atom stereocenters. The van der Waals surface area contributed by atoms with Gasteiger partial charge in [-0.3, -0.25) is 0 Å². The van der Waals surface area contributed by atoms with Gasteiger partial charge in [-0.1, -0.05) is 0 Å². The summed E-state index contributed by atoms with van der Waals surface area (Å²) < 4.78 is 19.4. The molecule has 4 nitrogen and oxygen atoms in total. The summed E-state index contributed by atoms with van der Waals surface area (Å²) in [6, 6.07) is 0. The summed E-state index contributed by atoms with van der Waals surface area (Å²) >= 11 is 0. The fraction of sp³-hybridized carbons (Fsp3) is 0.500. The largest absolute Gasteiger partial charge is 0.513 e. The van der Waals surface area contributed by atoms with E-state index in [2.05, 4.69) is 9.47 Å². The number of carbonyl (C=O) groups excluding carboxylic acids is 1. The zero-order valence-corrected chi connectivity index (χ0v) is 7.51. The molecular formula is C6H11O4S+. The Hall–Kier alpha value is -0.840. The molecular weight excluding hydrogens is 168 g/mol. The van der Waals surface area contributed by atoms with Gasteiger partial charge in [0.1, 0.15) is 28.7 Å². The van der Waals surface area contributed by atoms with Gasteiger partial charge < -0.3 is 9.47 Å². The van der Waals surface area contributed by atoms with Crippen LogP contribution in [0.25, 0.3) is 0 Å². The molecule has 64 valence electrons. The molecule has 0 aliphatic rings. The van der Waals surface area contributed by atoms with Crippen molar-refractivity contribution in [1.29, 1.82) is 0 Å². The summed E-state index contributed by atoms with van der Waals surface area (Å²) in [5.41, 5.74) is 0. The molecule has 0 aliphatic carbocycles. The molecule has 0 atom stereocenters. The minimum atomic E-state index is -1.99. The third-order valence-corrected chi connectivity index (χ3v) is 1.48.